The minimum absolute atomic E-state index is 0. The van der Waals surface area contributed by atoms with E-state index in [0.717, 1.165) is 0 Å². The van der Waals surface area contributed by atoms with E-state index in [4.69, 9.17) is 7.96 Å². The van der Waals surface area contributed by atoms with Gasteiger partial charge in [-0.1, -0.05) is 0 Å². The molecule has 8 heavy (non-hydrogen) atoms. The fourth-order valence-corrected chi connectivity index (χ4v) is 0. The van der Waals surface area contributed by atoms with Crippen LogP contribution < -0.4 is 0 Å². The fraction of sp³-hybridized carbons (Fsp3) is 0. The Morgan fingerprint density at radius 1 is 1.00 bits per heavy atom. The first-order valence-electron chi connectivity index (χ1n) is 0.736. The van der Waals surface area contributed by atoms with Crippen molar-refractivity contribution in [3.05, 3.63) is 0 Å². The van der Waals surface area contributed by atoms with Gasteiger partial charge in [0.2, 0.25) is 0 Å². The predicted molar refractivity (Wildman–Crippen MR) is 52.0 cm³/mol. The third kappa shape index (κ3) is 80.5. The van der Waals surface area contributed by atoms with Crippen LogP contribution in [-0.2, 0) is 3.80 Å². The quantitative estimate of drug-likeness (QED) is 0.393. The summed E-state index contributed by atoms with van der Waals surface area (Å²) in [4.78, 5) is 0. The summed E-state index contributed by atoms with van der Waals surface area (Å²) in [6, 6.07) is 0. The van der Waals surface area contributed by atoms with E-state index in [1.165, 1.54) is 0 Å². The van der Waals surface area contributed by atoms with E-state index < -0.39 is 0 Å². The van der Waals surface area contributed by atoms with Crippen molar-refractivity contribution >= 4 is 84.9 Å². The van der Waals surface area contributed by atoms with Crippen molar-refractivity contribution in [3.63, 3.8) is 0 Å². The van der Waals surface area contributed by atoms with Crippen molar-refractivity contribution in [2.24, 2.45) is 0 Å². The molecule has 0 aromatic heterocycles. The summed E-state index contributed by atoms with van der Waals surface area (Å²) in [6.45, 7) is 0. The molecule has 0 spiro atoms. The zero-order valence-electron chi connectivity index (χ0n) is 3.06. The molecule has 3 nitrogen and oxygen atoms in total. The van der Waals surface area contributed by atoms with Crippen LogP contribution >= 0.6 is 0 Å². The summed E-state index contributed by atoms with van der Waals surface area (Å²) in [5.41, 5.74) is 0. The maximum absolute atomic E-state index is 8.28. The molecule has 0 aliphatic heterocycles. The van der Waals surface area contributed by atoms with Gasteiger partial charge >= 0.3 is 36.7 Å². The summed E-state index contributed by atoms with van der Waals surface area (Å²) in [6.07, 6.45) is 0. The third-order valence-corrected chi connectivity index (χ3v) is 0. The molecule has 0 aromatic carbocycles. The molecule has 48 valence electrons. The first-order chi connectivity index (χ1) is 2.00. The fourth-order valence-electron chi connectivity index (χ4n) is 0. The maximum atomic E-state index is 8.28. The average molecular weight is 198 g/mol. The van der Waals surface area contributed by atoms with E-state index >= 15 is 0 Å². The van der Waals surface area contributed by atoms with Crippen molar-refractivity contribution in [1.29, 1.82) is 0 Å². The Bertz CT molecular complexity index is 7.64. The molecule has 3 N–H and O–H groups in total. The molecular formula is H15Al5O3. The monoisotopic (exact) mass is 198 g/mol. The van der Waals surface area contributed by atoms with E-state index in [1.54, 1.807) is 0 Å². The van der Waals surface area contributed by atoms with E-state index in [0.29, 0.717) is 32.8 Å². The van der Waals surface area contributed by atoms with E-state index in [-0.39, 0.29) is 57.6 Å². The van der Waals surface area contributed by atoms with Crippen LogP contribution in [0, 0.1) is 0 Å². The van der Waals surface area contributed by atoms with Gasteiger partial charge in [0.05, 0.1) is 0 Å². The molecule has 0 saturated carbocycles. The molecule has 0 aliphatic carbocycles. The first-order valence-corrected chi connectivity index (χ1v) is 2.21. The van der Waals surface area contributed by atoms with E-state index in [2.05, 4.69) is 0 Å². The zero-order valence-corrected chi connectivity index (χ0v) is 6.48. The van der Waals surface area contributed by atoms with Gasteiger partial charge in [-0.3, -0.25) is 0 Å². The molecule has 0 unspecified atom stereocenters. The van der Waals surface area contributed by atoms with Crippen LogP contribution in [0.1, 0.15) is 0 Å². The van der Waals surface area contributed by atoms with E-state index in [1.807, 2.05) is 0 Å². The van der Waals surface area contributed by atoms with Gasteiger partial charge in [0.15, 0.2) is 52.1 Å². The predicted octanol–water partition coefficient (Wildman–Crippen LogP) is -6.62. The molecule has 0 aliphatic rings. The Hall–Kier alpha value is 2.38. The van der Waals surface area contributed by atoms with Gasteiger partial charge in [0, 0.05) is 0 Å². The second-order valence-corrected chi connectivity index (χ2v) is 0. The first kappa shape index (κ1) is 47.6. The Morgan fingerprint density at radius 2 is 1.00 bits per heavy atom. The molecule has 0 saturated heterocycles. The van der Waals surface area contributed by atoms with Gasteiger partial charge in [-0.05, 0) is 0 Å². The van der Waals surface area contributed by atoms with Crippen LogP contribution in [0.2, 0.25) is 0 Å². The second kappa shape index (κ2) is 116. The molecule has 0 aromatic rings. The molecule has 0 heterocycles. The van der Waals surface area contributed by atoms with Gasteiger partial charge in [-0.15, -0.1) is 0 Å². The summed E-state index contributed by atoms with van der Waals surface area (Å²) < 4.78 is 15.4. The van der Waals surface area contributed by atoms with Gasteiger partial charge in [0.25, 0.3) is 0 Å². The van der Waals surface area contributed by atoms with Crippen LogP contribution in [0.4, 0.5) is 0 Å². The SMILES string of the molecule is O.[AlH3].[AlH3].[AlH3].[OH][AlH2].[O]=[AlH]. The molecule has 0 rings (SSSR count). The summed E-state index contributed by atoms with van der Waals surface area (Å²) in [7, 11) is 0. The van der Waals surface area contributed by atoms with Crippen molar-refractivity contribution < 1.29 is 13.4 Å². The van der Waals surface area contributed by atoms with Crippen LogP contribution in [-0.4, -0.2) is 94.6 Å². The summed E-state index contributed by atoms with van der Waals surface area (Å²) >= 11 is 0.917. The van der Waals surface area contributed by atoms with E-state index in [9.17, 15) is 0 Å². The zero-order chi connectivity index (χ0) is 4.00. The molecule has 8 heteroatoms. The molecule has 0 atom stereocenters. The Morgan fingerprint density at radius 3 is 1.00 bits per heavy atom. The molecular weight excluding hydrogens is 183 g/mol. The normalized spacial score (nSPS) is 1.00. The Balaban J connectivity index is -0.00000000167. The van der Waals surface area contributed by atoms with Crippen molar-refractivity contribution in [2.45, 2.75) is 0 Å². The van der Waals surface area contributed by atoms with Crippen LogP contribution in [0.15, 0.2) is 0 Å². The van der Waals surface area contributed by atoms with Crippen LogP contribution in [0.3, 0.4) is 0 Å². The van der Waals surface area contributed by atoms with Gasteiger partial charge in [-0.2, -0.15) is 0 Å². The van der Waals surface area contributed by atoms with Crippen molar-refractivity contribution in [1.82, 2.24) is 0 Å². The van der Waals surface area contributed by atoms with Crippen LogP contribution in [0.5, 0.6) is 0 Å². The average Bonchev–Trinajstić information content (AvgIpc) is 1.50. The molecule has 0 bridgehead atoms. The molecule has 0 amide bonds. The Labute approximate surface area is 97.3 Å². The topological polar surface area (TPSA) is 68.8 Å². The van der Waals surface area contributed by atoms with Crippen molar-refractivity contribution in [2.75, 3.05) is 0 Å². The Kier molecular flexibility index (Phi) is 691. The number of hydrogen-bond donors (Lipinski definition) is 1. The standard InChI is InChI=1S/5Al.2H2O.O.12H/h;;;;;2*1H2;;;;;;;;;;;;;/q;;;;+1;;;;;;;;;;;;;;;/p-1. The third-order valence-electron chi connectivity index (χ3n) is 0. The van der Waals surface area contributed by atoms with Crippen LogP contribution in [0.25, 0.3) is 0 Å². The minimum atomic E-state index is 0. The summed E-state index contributed by atoms with van der Waals surface area (Å²) in [5.74, 6) is 0. The van der Waals surface area contributed by atoms with Crippen molar-refractivity contribution in [3.8, 4) is 0 Å². The molecule has 0 fully saturated rings. The molecule has 0 radical (unpaired) electrons. The number of hydrogen-bond acceptors (Lipinski definition) is 2. The summed E-state index contributed by atoms with van der Waals surface area (Å²) in [5, 5.41) is 0. The van der Waals surface area contributed by atoms with Gasteiger partial charge < -0.3 is 9.63 Å². The number of rotatable bonds is 0. The van der Waals surface area contributed by atoms with Gasteiger partial charge in [0.1, 0.15) is 0 Å². The second-order valence-electron chi connectivity index (χ2n) is 0. The van der Waals surface area contributed by atoms with Gasteiger partial charge in [-0.25, -0.2) is 0 Å².